The van der Waals surface area contributed by atoms with Gasteiger partial charge in [-0.2, -0.15) is 0 Å². The Kier molecular flexibility index (Phi) is 5.89. The first-order valence-electron chi connectivity index (χ1n) is 8.45. The molecule has 1 aromatic heterocycles. The number of halogens is 2. The summed E-state index contributed by atoms with van der Waals surface area (Å²) in [6.07, 6.45) is 1.50. The number of aromatic nitrogens is 2. The van der Waals surface area contributed by atoms with Crippen molar-refractivity contribution >= 4 is 32.7 Å². The molecule has 0 saturated carbocycles. The fourth-order valence-corrected chi connectivity index (χ4v) is 3.27. The van der Waals surface area contributed by atoms with E-state index in [4.69, 9.17) is 0 Å². The number of rotatable bonds is 6. The van der Waals surface area contributed by atoms with Crippen LogP contribution in [0, 0.1) is 5.82 Å². The maximum absolute atomic E-state index is 14.1. The number of H-pyrrole nitrogens is 1. The normalized spacial score (nSPS) is 10.8. The second kappa shape index (κ2) is 8.35. The Labute approximate surface area is 168 Å². The molecule has 144 valence electrons. The predicted molar refractivity (Wildman–Crippen MR) is 109 cm³/mol. The molecule has 0 unspecified atom stereocenters. The van der Waals surface area contributed by atoms with Crippen LogP contribution in [-0.2, 0) is 17.9 Å². The molecular weight excluding hydrogens is 429 g/mol. The van der Waals surface area contributed by atoms with E-state index >= 15 is 0 Å². The largest absolute Gasteiger partial charge is 0.333 e. The number of carbonyl (C=O) groups excluding carboxylic acids is 1. The van der Waals surface area contributed by atoms with Crippen LogP contribution in [-0.4, -0.2) is 26.9 Å². The highest BCUT2D eigenvalue weighted by Crippen LogP contribution is 2.17. The lowest BCUT2D eigenvalue weighted by atomic mass is 10.2. The van der Waals surface area contributed by atoms with Gasteiger partial charge in [0.25, 0.3) is 5.56 Å². The van der Waals surface area contributed by atoms with Gasteiger partial charge in [0, 0.05) is 23.1 Å². The molecule has 0 aliphatic heterocycles. The lowest BCUT2D eigenvalue weighted by Crippen LogP contribution is -2.42. The molecule has 0 bridgehead atoms. The Hall–Kier alpha value is -3.00. The Morgan fingerprint density at radius 3 is 2.75 bits per heavy atom. The first-order valence-corrected chi connectivity index (χ1v) is 9.24. The average molecular weight is 446 g/mol. The molecule has 0 radical (unpaired) electrons. The third kappa shape index (κ3) is 4.12. The van der Waals surface area contributed by atoms with Gasteiger partial charge in [0.1, 0.15) is 12.4 Å². The molecule has 0 saturated heterocycles. The Morgan fingerprint density at radius 2 is 2.00 bits per heavy atom. The van der Waals surface area contributed by atoms with Crippen molar-refractivity contribution in [1.82, 2.24) is 14.5 Å². The van der Waals surface area contributed by atoms with Crippen molar-refractivity contribution in [2.45, 2.75) is 13.1 Å². The Morgan fingerprint density at radius 1 is 1.25 bits per heavy atom. The van der Waals surface area contributed by atoms with Crippen LogP contribution in [0.1, 0.15) is 5.56 Å². The second-order valence-corrected chi connectivity index (χ2v) is 7.08. The molecule has 0 aliphatic carbocycles. The molecule has 1 heterocycles. The van der Waals surface area contributed by atoms with Crippen molar-refractivity contribution in [2.24, 2.45) is 0 Å². The van der Waals surface area contributed by atoms with Gasteiger partial charge in [0.05, 0.1) is 10.9 Å². The van der Waals surface area contributed by atoms with E-state index in [2.05, 4.69) is 27.5 Å². The Balaban J connectivity index is 1.92. The smallest absolute Gasteiger partial charge is 0.329 e. The molecule has 0 fully saturated rings. The van der Waals surface area contributed by atoms with Crippen LogP contribution in [0.4, 0.5) is 4.39 Å². The van der Waals surface area contributed by atoms with E-state index < -0.39 is 29.5 Å². The van der Waals surface area contributed by atoms with E-state index in [0.29, 0.717) is 20.9 Å². The van der Waals surface area contributed by atoms with E-state index in [0.717, 1.165) is 4.57 Å². The molecule has 1 amide bonds. The van der Waals surface area contributed by atoms with Gasteiger partial charge in [0.15, 0.2) is 0 Å². The molecule has 1 N–H and O–H groups in total. The quantitative estimate of drug-likeness (QED) is 0.592. The number of aromatic amines is 1. The highest BCUT2D eigenvalue weighted by atomic mass is 79.9. The summed E-state index contributed by atoms with van der Waals surface area (Å²) >= 11 is 3.28. The average Bonchev–Trinajstić information content (AvgIpc) is 2.67. The minimum Gasteiger partial charge on any atom is -0.333 e. The molecule has 3 aromatic rings. The molecule has 3 rings (SSSR count). The van der Waals surface area contributed by atoms with Crippen LogP contribution in [0.5, 0.6) is 0 Å². The summed E-state index contributed by atoms with van der Waals surface area (Å²) in [5.74, 6) is -0.951. The zero-order chi connectivity index (χ0) is 20.3. The fraction of sp³-hybridized carbons (Fsp3) is 0.150. The second-order valence-electron chi connectivity index (χ2n) is 6.17. The summed E-state index contributed by atoms with van der Waals surface area (Å²) in [5.41, 5.74) is -0.520. The summed E-state index contributed by atoms with van der Waals surface area (Å²) < 4.78 is 15.6. The summed E-state index contributed by atoms with van der Waals surface area (Å²) in [7, 11) is 0. The zero-order valence-electron chi connectivity index (χ0n) is 14.8. The van der Waals surface area contributed by atoms with Gasteiger partial charge in [-0.3, -0.25) is 14.2 Å². The van der Waals surface area contributed by atoms with Crippen LogP contribution in [0.25, 0.3) is 10.9 Å². The molecular formula is C20H17BrFN3O3. The minimum absolute atomic E-state index is 0.0175. The molecule has 6 nitrogen and oxygen atoms in total. The van der Waals surface area contributed by atoms with Crippen molar-refractivity contribution in [1.29, 1.82) is 0 Å². The van der Waals surface area contributed by atoms with E-state index in [-0.39, 0.29) is 13.1 Å². The van der Waals surface area contributed by atoms with Gasteiger partial charge in [-0.25, -0.2) is 9.18 Å². The van der Waals surface area contributed by atoms with Gasteiger partial charge in [0.2, 0.25) is 5.91 Å². The molecule has 28 heavy (non-hydrogen) atoms. The number of hydrogen-bond acceptors (Lipinski definition) is 3. The number of benzene rings is 2. The maximum atomic E-state index is 14.1. The number of nitrogens with one attached hydrogen (secondary N) is 1. The SMILES string of the molecule is C=CCN(Cc1cc(Br)ccc1F)C(=O)Cn1c(=O)[nH]c2ccccc2c1=O. The number of nitrogens with zero attached hydrogens (tertiary/aromatic N) is 2. The predicted octanol–water partition coefficient (Wildman–Crippen LogP) is 2.81. The van der Waals surface area contributed by atoms with Crippen LogP contribution in [0.3, 0.4) is 0 Å². The molecule has 8 heteroatoms. The van der Waals surface area contributed by atoms with Gasteiger partial charge >= 0.3 is 5.69 Å². The topological polar surface area (TPSA) is 75.2 Å². The summed E-state index contributed by atoms with van der Waals surface area (Å²) in [6, 6.07) is 11.0. The van der Waals surface area contributed by atoms with Gasteiger partial charge in [-0.05, 0) is 30.3 Å². The number of fused-ring (bicyclic) bond motifs is 1. The van der Waals surface area contributed by atoms with Crippen LogP contribution < -0.4 is 11.2 Å². The Bertz CT molecular complexity index is 1170. The standard InChI is InChI=1S/C20H17BrFN3O3/c1-2-9-24(11-13-10-14(21)7-8-16(13)22)18(26)12-25-19(27)15-5-3-4-6-17(15)23-20(25)28/h2-8,10H,1,9,11-12H2,(H,23,28). The van der Waals surface area contributed by atoms with Crippen LogP contribution >= 0.6 is 15.9 Å². The highest BCUT2D eigenvalue weighted by Gasteiger charge is 2.18. The molecule has 0 spiro atoms. The van der Waals surface area contributed by atoms with Crippen molar-refractivity contribution in [3.63, 3.8) is 0 Å². The number of amides is 1. The van der Waals surface area contributed by atoms with Crippen LogP contribution in [0.2, 0.25) is 0 Å². The molecule has 0 aliphatic rings. The van der Waals surface area contributed by atoms with Gasteiger partial charge in [-0.15, -0.1) is 6.58 Å². The lowest BCUT2D eigenvalue weighted by molar-refractivity contribution is -0.132. The summed E-state index contributed by atoms with van der Waals surface area (Å²) in [5, 5.41) is 0.309. The number of para-hydroxylation sites is 1. The summed E-state index contributed by atoms with van der Waals surface area (Å²) in [4.78, 5) is 41.6. The lowest BCUT2D eigenvalue weighted by Gasteiger charge is -2.22. The van der Waals surface area contributed by atoms with Crippen molar-refractivity contribution < 1.29 is 9.18 Å². The van der Waals surface area contributed by atoms with Crippen molar-refractivity contribution in [3.05, 3.63) is 91.8 Å². The third-order valence-electron chi connectivity index (χ3n) is 4.25. The van der Waals surface area contributed by atoms with E-state index in [1.54, 1.807) is 36.4 Å². The monoisotopic (exact) mass is 445 g/mol. The zero-order valence-corrected chi connectivity index (χ0v) is 16.4. The first kappa shape index (κ1) is 19.8. The van der Waals surface area contributed by atoms with Crippen LogP contribution in [0.15, 0.2) is 69.2 Å². The van der Waals surface area contributed by atoms with E-state index in [1.807, 2.05) is 0 Å². The van der Waals surface area contributed by atoms with Crippen molar-refractivity contribution in [2.75, 3.05) is 6.54 Å². The minimum atomic E-state index is -0.677. The van der Waals surface area contributed by atoms with E-state index in [9.17, 15) is 18.8 Å². The first-order chi connectivity index (χ1) is 13.4. The maximum Gasteiger partial charge on any atom is 0.329 e. The third-order valence-corrected chi connectivity index (χ3v) is 4.75. The number of carbonyl (C=O) groups is 1. The molecule has 2 aromatic carbocycles. The number of hydrogen-bond donors (Lipinski definition) is 1. The van der Waals surface area contributed by atoms with Gasteiger partial charge in [-0.1, -0.05) is 34.1 Å². The van der Waals surface area contributed by atoms with Gasteiger partial charge < -0.3 is 9.88 Å². The summed E-state index contributed by atoms with van der Waals surface area (Å²) in [6.45, 7) is 3.28. The van der Waals surface area contributed by atoms with Crippen molar-refractivity contribution in [3.8, 4) is 0 Å². The van der Waals surface area contributed by atoms with E-state index in [1.165, 1.54) is 17.0 Å². The molecule has 0 atom stereocenters. The fourth-order valence-electron chi connectivity index (χ4n) is 2.86. The highest BCUT2D eigenvalue weighted by molar-refractivity contribution is 9.10.